The smallest absolute Gasteiger partial charge is 0.250 e. The second kappa shape index (κ2) is 8.53. The molecule has 5 rings (SSSR count). The van der Waals surface area contributed by atoms with Gasteiger partial charge in [-0.05, 0) is 47.9 Å². The van der Waals surface area contributed by atoms with Gasteiger partial charge in [-0.25, -0.2) is 14.4 Å². The van der Waals surface area contributed by atoms with Crippen molar-refractivity contribution in [2.75, 3.05) is 30.5 Å². The van der Waals surface area contributed by atoms with Gasteiger partial charge in [0.25, 0.3) is 5.94 Å². The predicted molar refractivity (Wildman–Crippen MR) is 117 cm³/mol. The Kier molecular flexibility index (Phi) is 5.60. The monoisotopic (exact) mass is 459 g/mol. The Morgan fingerprint density at radius 2 is 1.97 bits per heavy atom. The van der Waals surface area contributed by atoms with Gasteiger partial charge in [-0.1, -0.05) is 17.7 Å². The van der Waals surface area contributed by atoms with Gasteiger partial charge < -0.3 is 18.9 Å². The third-order valence-corrected chi connectivity index (χ3v) is 6.78. The van der Waals surface area contributed by atoms with Gasteiger partial charge in [-0.3, -0.25) is 0 Å². The lowest BCUT2D eigenvalue weighted by atomic mass is 10.0. The SMILES string of the molecule is [O-][S@@+]1COc2cc(-c3ccc(OC[C@H]4CCN(c5ncc(Cl)cn5)C4)c(F)c3)ccc21. The highest BCUT2D eigenvalue weighted by Gasteiger charge is 2.27. The molecule has 2 aliphatic heterocycles. The second-order valence-corrected chi connectivity index (χ2v) is 9.33. The minimum atomic E-state index is -1.12. The van der Waals surface area contributed by atoms with Crippen LogP contribution in [-0.4, -0.2) is 40.2 Å². The van der Waals surface area contributed by atoms with Crippen LogP contribution in [0.3, 0.4) is 0 Å². The highest BCUT2D eigenvalue weighted by molar-refractivity contribution is 7.91. The van der Waals surface area contributed by atoms with E-state index in [1.165, 1.54) is 6.07 Å². The molecule has 0 aliphatic carbocycles. The Hall–Kier alpha value is -2.55. The lowest BCUT2D eigenvalue weighted by Crippen LogP contribution is -2.23. The van der Waals surface area contributed by atoms with Gasteiger partial charge in [-0.15, -0.1) is 0 Å². The van der Waals surface area contributed by atoms with Crippen LogP contribution < -0.4 is 14.4 Å². The maximum atomic E-state index is 14.7. The summed E-state index contributed by atoms with van der Waals surface area (Å²) in [5.74, 6) is 1.47. The standard InChI is InChI=1S/C22H19ClFN3O3S/c23-17-9-25-22(26-10-17)27-6-5-14(11-27)12-29-19-3-1-15(7-18(19)24)16-2-4-21-20(8-16)30-13-31(21)28/h1-4,7-10,14H,5-6,11-13H2/t14-,31-/m0/s1. The molecule has 2 aromatic carbocycles. The van der Waals surface area contributed by atoms with E-state index < -0.39 is 17.0 Å². The van der Waals surface area contributed by atoms with Crippen molar-refractivity contribution in [3.63, 3.8) is 0 Å². The average molecular weight is 460 g/mol. The summed E-state index contributed by atoms with van der Waals surface area (Å²) in [5, 5.41) is 0.504. The maximum absolute atomic E-state index is 14.7. The number of aromatic nitrogens is 2. The fourth-order valence-electron chi connectivity index (χ4n) is 3.79. The Bertz CT molecular complexity index is 1100. The van der Waals surface area contributed by atoms with Gasteiger partial charge in [0.2, 0.25) is 5.95 Å². The number of nitrogens with zero attached hydrogens (tertiary/aromatic N) is 3. The molecule has 0 radical (unpaired) electrons. The highest BCUT2D eigenvalue weighted by Crippen LogP contribution is 2.36. The molecule has 0 N–H and O–H groups in total. The van der Waals surface area contributed by atoms with Crippen molar-refractivity contribution in [1.29, 1.82) is 0 Å². The number of hydrogen-bond acceptors (Lipinski definition) is 6. The van der Waals surface area contributed by atoms with Crippen molar-refractivity contribution < 1.29 is 18.4 Å². The van der Waals surface area contributed by atoms with Crippen molar-refractivity contribution in [3.05, 3.63) is 59.6 Å². The van der Waals surface area contributed by atoms with Crippen LogP contribution in [0.15, 0.2) is 53.7 Å². The zero-order chi connectivity index (χ0) is 21.4. The van der Waals surface area contributed by atoms with E-state index in [1.807, 2.05) is 12.1 Å². The van der Waals surface area contributed by atoms with Crippen LogP contribution in [0.25, 0.3) is 11.1 Å². The van der Waals surface area contributed by atoms with Crippen molar-refractivity contribution in [3.8, 4) is 22.6 Å². The zero-order valence-electron chi connectivity index (χ0n) is 16.5. The summed E-state index contributed by atoms with van der Waals surface area (Å²) in [7, 11) is 0. The van der Waals surface area contributed by atoms with Crippen molar-refractivity contribution in [2.24, 2.45) is 5.92 Å². The third kappa shape index (κ3) is 4.28. The van der Waals surface area contributed by atoms with E-state index in [9.17, 15) is 8.94 Å². The molecule has 0 spiro atoms. The topological polar surface area (TPSA) is 70.5 Å². The van der Waals surface area contributed by atoms with E-state index in [0.717, 1.165) is 25.1 Å². The summed E-state index contributed by atoms with van der Waals surface area (Å²) in [6.07, 6.45) is 4.08. The van der Waals surface area contributed by atoms with Crippen molar-refractivity contribution in [1.82, 2.24) is 9.97 Å². The number of anilines is 1. The number of fused-ring (bicyclic) bond motifs is 1. The van der Waals surface area contributed by atoms with Crippen molar-refractivity contribution >= 4 is 28.7 Å². The minimum absolute atomic E-state index is 0.169. The first-order valence-electron chi connectivity index (χ1n) is 9.87. The number of benzene rings is 2. The van der Waals surface area contributed by atoms with Crippen LogP contribution in [0.2, 0.25) is 5.02 Å². The van der Waals surface area contributed by atoms with E-state index in [1.54, 1.807) is 30.6 Å². The molecular weight excluding hydrogens is 441 g/mol. The average Bonchev–Trinajstić information content (AvgIpc) is 3.40. The minimum Gasteiger partial charge on any atom is -0.609 e. The molecule has 6 nitrogen and oxygen atoms in total. The first-order chi connectivity index (χ1) is 15.1. The fourth-order valence-corrected chi connectivity index (χ4v) is 4.81. The Labute approximate surface area is 187 Å². The van der Waals surface area contributed by atoms with Gasteiger partial charge in [0.1, 0.15) is 0 Å². The van der Waals surface area contributed by atoms with Crippen LogP contribution in [0.5, 0.6) is 11.5 Å². The first-order valence-corrected chi connectivity index (χ1v) is 11.6. The molecule has 1 aromatic heterocycles. The molecule has 3 heterocycles. The lowest BCUT2D eigenvalue weighted by Gasteiger charge is -2.16. The molecule has 0 bridgehead atoms. The van der Waals surface area contributed by atoms with E-state index in [4.69, 9.17) is 21.1 Å². The Morgan fingerprint density at radius 1 is 1.19 bits per heavy atom. The molecule has 3 aromatic rings. The molecule has 2 atom stereocenters. The number of hydrogen-bond donors (Lipinski definition) is 0. The molecule has 160 valence electrons. The van der Waals surface area contributed by atoms with E-state index in [-0.39, 0.29) is 17.6 Å². The largest absolute Gasteiger partial charge is 0.609 e. The second-order valence-electron chi connectivity index (χ2n) is 7.53. The van der Waals surface area contributed by atoms with Crippen LogP contribution in [0, 0.1) is 11.7 Å². The first kappa shape index (κ1) is 20.4. The third-order valence-electron chi connectivity index (χ3n) is 5.43. The summed E-state index contributed by atoms with van der Waals surface area (Å²) >= 11 is 4.72. The maximum Gasteiger partial charge on any atom is 0.250 e. The molecular formula is C22H19ClFN3O3S. The highest BCUT2D eigenvalue weighted by atomic mass is 35.5. The molecule has 0 saturated carbocycles. The number of halogens is 2. The number of ether oxygens (including phenoxy) is 2. The zero-order valence-corrected chi connectivity index (χ0v) is 18.0. The summed E-state index contributed by atoms with van der Waals surface area (Å²) in [6, 6.07) is 10.3. The quantitative estimate of drug-likeness (QED) is 0.530. The van der Waals surface area contributed by atoms with Crippen LogP contribution in [0.4, 0.5) is 10.3 Å². The van der Waals surface area contributed by atoms with Crippen LogP contribution >= 0.6 is 11.6 Å². The van der Waals surface area contributed by atoms with E-state index in [2.05, 4.69) is 14.9 Å². The van der Waals surface area contributed by atoms with Crippen LogP contribution in [0.1, 0.15) is 6.42 Å². The normalized spacial score (nSPS) is 19.9. The Morgan fingerprint density at radius 3 is 2.77 bits per heavy atom. The molecule has 0 amide bonds. The van der Waals surface area contributed by atoms with Gasteiger partial charge in [0.15, 0.2) is 22.2 Å². The summed E-state index contributed by atoms with van der Waals surface area (Å²) in [5.41, 5.74) is 1.51. The van der Waals surface area contributed by atoms with Crippen LogP contribution in [-0.2, 0) is 11.2 Å². The fraction of sp³-hybridized carbons (Fsp3) is 0.273. The lowest BCUT2D eigenvalue weighted by molar-refractivity contribution is 0.250. The molecule has 1 fully saturated rings. The summed E-state index contributed by atoms with van der Waals surface area (Å²) < 4.78 is 37.7. The Balaban J connectivity index is 1.22. The van der Waals surface area contributed by atoms with Gasteiger partial charge in [0.05, 0.1) is 24.0 Å². The van der Waals surface area contributed by atoms with Gasteiger partial charge in [0, 0.05) is 30.2 Å². The van der Waals surface area contributed by atoms with E-state index in [0.29, 0.717) is 33.8 Å². The molecule has 0 unspecified atom stereocenters. The van der Waals surface area contributed by atoms with Gasteiger partial charge >= 0.3 is 0 Å². The van der Waals surface area contributed by atoms with Crippen molar-refractivity contribution in [2.45, 2.75) is 11.3 Å². The summed E-state index contributed by atoms with van der Waals surface area (Å²) in [6.45, 7) is 1.99. The predicted octanol–water partition coefficient (Wildman–Crippen LogP) is 4.30. The van der Waals surface area contributed by atoms with E-state index >= 15 is 0 Å². The van der Waals surface area contributed by atoms with Gasteiger partial charge in [-0.2, -0.15) is 0 Å². The molecule has 2 aliphatic rings. The summed E-state index contributed by atoms with van der Waals surface area (Å²) in [4.78, 5) is 11.3. The molecule has 9 heteroatoms. The number of rotatable bonds is 5. The molecule has 31 heavy (non-hydrogen) atoms. The molecule has 1 saturated heterocycles.